The van der Waals surface area contributed by atoms with E-state index < -0.39 is 15.9 Å². The SMILES string of the molecule is COCc1cccc(NC(=O)C2CCCN(S(=O)(=O)Cc3c(Cl)cccc3Cl)C2)c1. The molecule has 30 heavy (non-hydrogen) atoms. The smallest absolute Gasteiger partial charge is 0.228 e. The number of anilines is 1. The molecule has 6 nitrogen and oxygen atoms in total. The highest BCUT2D eigenvalue weighted by atomic mass is 35.5. The Bertz CT molecular complexity index is 994. The van der Waals surface area contributed by atoms with E-state index in [9.17, 15) is 13.2 Å². The van der Waals surface area contributed by atoms with Crippen molar-refractivity contribution in [3.8, 4) is 0 Å². The number of halogens is 2. The van der Waals surface area contributed by atoms with Gasteiger partial charge in [0.1, 0.15) is 0 Å². The number of nitrogens with zero attached hydrogens (tertiary/aromatic N) is 1. The van der Waals surface area contributed by atoms with Crippen LogP contribution in [0.1, 0.15) is 24.0 Å². The Hall–Kier alpha value is -1.64. The van der Waals surface area contributed by atoms with Crippen molar-refractivity contribution in [1.29, 1.82) is 0 Å². The molecule has 162 valence electrons. The molecule has 9 heteroatoms. The fraction of sp³-hybridized carbons (Fsp3) is 0.381. The maximum Gasteiger partial charge on any atom is 0.228 e. The number of methoxy groups -OCH3 is 1. The van der Waals surface area contributed by atoms with Crippen molar-refractivity contribution < 1.29 is 17.9 Å². The van der Waals surface area contributed by atoms with E-state index in [0.29, 0.717) is 47.3 Å². The molecule has 1 aliphatic heterocycles. The van der Waals surface area contributed by atoms with Crippen LogP contribution in [0.5, 0.6) is 0 Å². The van der Waals surface area contributed by atoms with Crippen LogP contribution in [0, 0.1) is 5.92 Å². The molecular formula is C21H24Cl2N2O4S. The van der Waals surface area contributed by atoms with Crippen LogP contribution in [0.25, 0.3) is 0 Å². The van der Waals surface area contributed by atoms with E-state index in [-0.39, 0.29) is 18.2 Å². The minimum Gasteiger partial charge on any atom is -0.380 e. The highest BCUT2D eigenvalue weighted by Gasteiger charge is 2.33. The largest absolute Gasteiger partial charge is 0.380 e. The summed E-state index contributed by atoms with van der Waals surface area (Å²) < 4.78 is 32.4. The lowest BCUT2D eigenvalue weighted by Gasteiger charge is -2.31. The van der Waals surface area contributed by atoms with Gasteiger partial charge >= 0.3 is 0 Å². The molecule has 1 fully saturated rings. The normalized spacial score (nSPS) is 17.6. The monoisotopic (exact) mass is 470 g/mol. The van der Waals surface area contributed by atoms with E-state index in [1.54, 1.807) is 31.4 Å². The fourth-order valence-corrected chi connectivity index (χ4v) is 5.87. The summed E-state index contributed by atoms with van der Waals surface area (Å²) in [5.74, 6) is -0.916. The number of hydrogen-bond donors (Lipinski definition) is 1. The lowest BCUT2D eigenvalue weighted by Crippen LogP contribution is -2.44. The molecular weight excluding hydrogens is 447 g/mol. The first-order valence-electron chi connectivity index (χ1n) is 9.59. The molecule has 3 rings (SSSR count). The van der Waals surface area contributed by atoms with Crippen molar-refractivity contribution in [2.75, 3.05) is 25.5 Å². The third-order valence-electron chi connectivity index (χ3n) is 5.04. The number of carbonyl (C=O) groups is 1. The second-order valence-electron chi connectivity index (χ2n) is 7.28. The summed E-state index contributed by atoms with van der Waals surface area (Å²) >= 11 is 12.3. The first-order chi connectivity index (χ1) is 14.3. The molecule has 0 aromatic heterocycles. The predicted molar refractivity (Wildman–Crippen MR) is 119 cm³/mol. The molecule has 1 N–H and O–H groups in total. The minimum absolute atomic E-state index is 0.133. The number of sulfonamides is 1. The quantitative estimate of drug-likeness (QED) is 0.653. The molecule has 1 aliphatic rings. The van der Waals surface area contributed by atoms with Gasteiger partial charge in [0.05, 0.1) is 18.3 Å². The molecule has 1 saturated heterocycles. The number of ether oxygens (including phenoxy) is 1. The van der Waals surface area contributed by atoms with Crippen LogP contribution < -0.4 is 5.32 Å². The number of amides is 1. The Morgan fingerprint density at radius 2 is 1.90 bits per heavy atom. The fourth-order valence-electron chi connectivity index (χ4n) is 3.50. The third-order valence-corrected chi connectivity index (χ3v) is 7.52. The minimum atomic E-state index is -3.67. The molecule has 1 amide bonds. The number of benzene rings is 2. The molecule has 1 atom stereocenters. The number of carbonyl (C=O) groups excluding carboxylic acids is 1. The van der Waals surface area contributed by atoms with Crippen LogP contribution >= 0.6 is 23.2 Å². The van der Waals surface area contributed by atoms with Crippen LogP contribution in [-0.2, 0) is 31.9 Å². The molecule has 2 aromatic rings. The van der Waals surface area contributed by atoms with Gasteiger partial charge in [0, 0.05) is 41.5 Å². The van der Waals surface area contributed by atoms with Gasteiger partial charge in [0.2, 0.25) is 15.9 Å². The van der Waals surface area contributed by atoms with Gasteiger partial charge in [-0.1, -0.05) is 41.4 Å². The summed E-state index contributed by atoms with van der Waals surface area (Å²) in [6.45, 7) is 0.954. The van der Waals surface area contributed by atoms with E-state index >= 15 is 0 Å². The van der Waals surface area contributed by atoms with Crippen molar-refractivity contribution in [2.45, 2.75) is 25.2 Å². The van der Waals surface area contributed by atoms with Gasteiger partial charge in [0.15, 0.2) is 0 Å². The molecule has 1 heterocycles. The highest BCUT2D eigenvalue weighted by molar-refractivity contribution is 7.88. The Balaban J connectivity index is 1.68. The maximum atomic E-state index is 13.0. The average molecular weight is 471 g/mol. The molecule has 2 aromatic carbocycles. The topological polar surface area (TPSA) is 75.7 Å². The van der Waals surface area contributed by atoms with Gasteiger partial charge in [-0.05, 0) is 42.7 Å². The number of nitrogens with one attached hydrogen (secondary N) is 1. The number of rotatable bonds is 7. The molecule has 0 spiro atoms. The van der Waals surface area contributed by atoms with Crippen LogP contribution in [-0.4, -0.2) is 38.8 Å². The second-order valence-corrected chi connectivity index (χ2v) is 10.1. The molecule has 1 unspecified atom stereocenters. The Morgan fingerprint density at radius 3 is 2.60 bits per heavy atom. The zero-order valence-electron chi connectivity index (χ0n) is 16.6. The van der Waals surface area contributed by atoms with Gasteiger partial charge in [-0.3, -0.25) is 4.79 Å². The summed E-state index contributed by atoms with van der Waals surface area (Å²) in [6, 6.07) is 12.3. The zero-order valence-corrected chi connectivity index (χ0v) is 18.9. The van der Waals surface area contributed by atoms with Gasteiger partial charge in [0.25, 0.3) is 0 Å². The summed E-state index contributed by atoms with van der Waals surface area (Å²) in [4.78, 5) is 12.8. The predicted octanol–water partition coefficient (Wildman–Crippen LogP) is 4.32. The van der Waals surface area contributed by atoms with Crippen molar-refractivity contribution in [3.63, 3.8) is 0 Å². The Kier molecular flexibility index (Phi) is 7.76. The summed E-state index contributed by atoms with van der Waals surface area (Å²) in [5.41, 5.74) is 1.99. The molecule has 0 bridgehead atoms. The van der Waals surface area contributed by atoms with Crippen LogP contribution in [0.4, 0.5) is 5.69 Å². The summed E-state index contributed by atoms with van der Waals surface area (Å²) in [6.07, 6.45) is 1.24. The lowest BCUT2D eigenvalue weighted by atomic mass is 9.98. The van der Waals surface area contributed by atoms with E-state index in [4.69, 9.17) is 27.9 Å². The zero-order chi connectivity index (χ0) is 21.7. The van der Waals surface area contributed by atoms with E-state index in [2.05, 4.69) is 5.32 Å². The van der Waals surface area contributed by atoms with Crippen molar-refractivity contribution in [3.05, 3.63) is 63.6 Å². The number of hydrogen-bond acceptors (Lipinski definition) is 4. The van der Waals surface area contributed by atoms with Crippen LogP contribution in [0.15, 0.2) is 42.5 Å². The Labute approximate surface area is 187 Å². The first-order valence-corrected chi connectivity index (χ1v) is 12.0. The second kappa shape index (κ2) is 10.1. The van der Waals surface area contributed by atoms with E-state index in [0.717, 1.165) is 5.56 Å². The van der Waals surface area contributed by atoms with Gasteiger partial charge in [-0.25, -0.2) is 12.7 Å². The molecule has 0 radical (unpaired) electrons. The maximum absolute atomic E-state index is 13.0. The van der Waals surface area contributed by atoms with E-state index in [1.165, 1.54) is 4.31 Å². The number of piperidine rings is 1. The first kappa shape index (κ1) is 23.0. The Morgan fingerprint density at radius 1 is 1.20 bits per heavy atom. The standard InChI is InChI=1S/C21H24Cl2N2O4S/c1-29-13-15-5-2-7-17(11-15)24-21(26)16-6-4-10-25(12-16)30(27,28)14-18-19(22)8-3-9-20(18)23/h2-3,5,7-9,11,16H,4,6,10,12-14H2,1H3,(H,24,26). The lowest BCUT2D eigenvalue weighted by molar-refractivity contribution is -0.120. The van der Waals surface area contributed by atoms with Gasteiger partial charge < -0.3 is 10.1 Å². The highest BCUT2D eigenvalue weighted by Crippen LogP contribution is 2.29. The summed E-state index contributed by atoms with van der Waals surface area (Å²) in [7, 11) is -2.06. The van der Waals surface area contributed by atoms with Crippen molar-refractivity contribution >= 4 is 44.8 Å². The third kappa shape index (κ3) is 5.74. The molecule has 0 saturated carbocycles. The van der Waals surface area contributed by atoms with Crippen molar-refractivity contribution in [2.24, 2.45) is 5.92 Å². The average Bonchev–Trinajstić information content (AvgIpc) is 2.71. The van der Waals surface area contributed by atoms with Gasteiger partial charge in [-0.2, -0.15) is 0 Å². The summed E-state index contributed by atoms with van der Waals surface area (Å²) in [5, 5.41) is 3.52. The molecule has 0 aliphatic carbocycles. The van der Waals surface area contributed by atoms with Gasteiger partial charge in [-0.15, -0.1) is 0 Å². The van der Waals surface area contributed by atoms with Crippen LogP contribution in [0.3, 0.4) is 0 Å². The van der Waals surface area contributed by atoms with Crippen molar-refractivity contribution in [1.82, 2.24) is 4.31 Å². The van der Waals surface area contributed by atoms with E-state index in [1.807, 2.05) is 18.2 Å². The van der Waals surface area contributed by atoms with Crippen LogP contribution in [0.2, 0.25) is 10.0 Å².